The van der Waals surface area contributed by atoms with Crippen LogP contribution in [0.5, 0.6) is 0 Å². The van der Waals surface area contributed by atoms with Gasteiger partial charge in [-0.2, -0.15) is 0 Å². The number of hydrogen-bond donors (Lipinski definition) is 2. The fourth-order valence-electron chi connectivity index (χ4n) is 1.36. The monoisotopic (exact) mass is 332 g/mol. The summed E-state index contributed by atoms with van der Waals surface area (Å²) in [6.07, 6.45) is 0. The smallest absolute Gasteiger partial charge is 0.289 e. The number of rotatable bonds is 5. The molecule has 0 saturated heterocycles. The van der Waals surface area contributed by atoms with E-state index in [0.29, 0.717) is 4.67 Å². The largest absolute Gasteiger partial charge is 0.444 e. The average molecular weight is 333 g/mol. The third-order valence-electron chi connectivity index (χ3n) is 2.38. The maximum atomic E-state index is 11.9. The van der Waals surface area contributed by atoms with Crippen LogP contribution in [0.25, 0.3) is 0 Å². The van der Waals surface area contributed by atoms with E-state index in [1.807, 2.05) is 0 Å². The molecule has 2 amide bonds. The van der Waals surface area contributed by atoms with Crippen LogP contribution in [0.3, 0.4) is 0 Å². The van der Waals surface area contributed by atoms with Gasteiger partial charge in [0.2, 0.25) is 5.91 Å². The van der Waals surface area contributed by atoms with Crippen LogP contribution in [0.1, 0.15) is 24.4 Å². The van der Waals surface area contributed by atoms with E-state index >= 15 is 0 Å². The van der Waals surface area contributed by atoms with Gasteiger partial charge in [-0.25, -0.2) is 0 Å². The lowest BCUT2D eigenvalue weighted by Crippen LogP contribution is -2.50. The first-order valence-electron chi connectivity index (χ1n) is 5.68. The van der Waals surface area contributed by atoms with Crippen LogP contribution in [0, 0.1) is 0 Å². The van der Waals surface area contributed by atoms with E-state index in [-0.39, 0.29) is 30.7 Å². The van der Waals surface area contributed by atoms with E-state index in [2.05, 4.69) is 21.2 Å². The highest BCUT2D eigenvalue weighted by molar-refractivity contribution is 9.10. The second-order valence-corrected chi connectivity index (χ2v) is 5.64. The van der Waals surface area contributed by atoms with E-state index in [9.17, 15) is 9.59 Å². The Bertz CT molecular complexity index is 470. The highest BCUT2D eigenvalue weighted by Crippen LogP contribution is 2.15. The summed E-state index contributed by atoms with van der Waals surface area (Å²) < 4.78 is 5.58. The second-order valence-electron chi connectivity index (χ2n) is 4.86. The molecule has 0 spiro atoms. The molecule has 7 heteroatoms. The molecular weight excluding hydrogens is 316 g/mol. The lowest BCUT2D eigenvalue weighted by atomic mass is 10.1. The zero-order valence-corrected chi connectivity index (χ0v) is 12.7. The first-order chi connectivity index (χ1) is 8.75. The summed E-state index contributed by atoms with van der Waals surface area (Å²) >= 11 is 3.11. The molecule has 6 nitrogen and oxygen atoms in total. The van der Waals surface area contributed by atoms with Crippen molar-refractivity contribution >= 4 is 27.7 Å². The van der Waals surface area contributed by atoms with Gasteiger partial charge in [0, 0.05) is 7.05 Å². The topological polar surface area (TPSA) is 82.8 Å². The number of halogens is 1. The van der Waals surface area contributed by atoms with Crippen molar-refractivity contribution in [3.63, 3.8) is 0 Å². The molecule has 0 aliphatic heterocycles. The van der Waals surface area contributed by atoms with Crippen molar-refractivity contribution in [2.24, 2.45) is 0 Å². The quantitative estimate of drug-likeness (QED) is 0.842. The van der Waals surface area contributed by atoms with Crippen molar-refractivity contribution in [2.45, 2.75) is 19.4 Å². The Labute approximate surface area is 119 Å². The van der Waals surface area contributed by atoms with Gasteiger partial charge in [-0.15, -0.1) is 0 Å². The van der Waals surface area contributed by atoms with Gasteiger partial charge < -0.3 is 19.7 Å². The summed E-state index contributed by atoms with van der Waals surface area (Å²) in [7, 11) is 1.50. The van der Waals surface area contributed by atoms with E-state index in [0.717, 1.165) is 0 Å². The fraction of sp³-hybridized carbons (Fsp3) is 0.500. The van der Waals surface area contributed by atoms with Crippen LogP contribution >= 0.6 is 15.9 Å². The van der Waals surface area contributed by atoms with Crippen LogP contribution in [-0.2, 0) is 4.79 Å². The standard InChI is InChI=1S/C12H17BrN2O4/c1-12(2,7-16)14-10(17)6-15(3)11(18)8-4-5-9(13)19-8/h4-5,16H,6-7H2,1-3H3,(H,14,17). The molecule has 106 valence electrons. The Morgan fingerprint density at radius 3 is 2.58 bits per heavy atom. The molecule has 1 aromatic rings. The molecule has 1 aromatic heterocycles. The molecule has 0 unspecified atom stereocenters. The lowest BCUT2D eigenvalue weighted by Gasteiger charge is -2.25. The number of carbonyl (C=O) groups excluding carboxylic acids is 2. The van der Waals surface area contributed by atoms with Gasteiger partial charge in [0.25, 0.3) is 5.91 Å². The molecule has 0 atom stereocenters. The molecule has 0 radical (unpaired) electrons. The number of furan rings is 1. The van der Waals surface area contributed by atoms with Crippen molar-refractivity contribution in [1.82, 2.24) is 10.2 Å². The molecule has 0 bridgehead atoms. The number of nitrogens with zero attached hydrogens (tertiary/aromatic N) is 1. The minimum atomic E-state index is -0.714. The Morgan fingerprint density at radius 1 is 1.47 bits per heavy atom. The van der Waals surface area contributed by atoms with Crippen LogP contribution < -0.4 is 5.32 Å². The van der Waals surface area contributed by atoms with E-state index in [1.54, 1.807) is 19.9 Å². The first-order valence-corrected chi connectivity index (χ1v) is 6.47. The predicted octanol–water partition coefficient (Wildman–Crippen LogP) is 1.00. The van der Waals surface area contributed by atoms with Crippen LogP contribution in [0.4, 0.5) is 0 Å². The molecule has 19 heavy (non-hydrogen) atoms. The number of hydrogen-bond acceptors (Lipinski definition) is 4. The third-order valence-corrected chi connectivity index (χ3v) is 2.81. The number of carbonyl (C=O) groups is 2. The number of nitrogens with one attached hydrogen (secondary N) is 1. The minimum absolute atomic E-state index is 0.111. The van der Waals surface area contributed by atoms with Gasteiger partial charge in [-0.05, 0) is 41.9 Å². The van der Waals surface area contributed by atoms with Crippen molar-refractivity contribution in [2.75, 3.05) is 20.2 Å². The second kappa shape index (κ2) is 6.21. The number of aliphatic hydroxyl groups is 1. The fourth-order valence-corrected chi connectivity index (χ4v) is 1.67. The highest BCUT2D eigenvalue weighted by Gasteiger charge is 2.22. The number of likely N-dealkylation sites (N-methyl/N-ethyl adjacent to an activating group) is 1. The SMILES string of the molecule is CN(CC(=O)NC(C)(C)CO)C(=O)c1ccc(Br)o1. The van der Waals surface area contributed by atoms with Crippen molar-refractivity contribution < 1.29 is 19.1 Å². The summed E-state index contributed by atoms with van der Waals surface area (Å²) in [5, 5.41) is 11.7. The average Bonchev–Trinajstić information content (AvgIpc) is 2.74. The van der Waals surface area contributed by atoms with Crippen LogP contribution in [-0.4, -0.2) is 47.6 Å². The summed E-state index contributed by atoms with van der Waals surface area (Å²) in [5.41, 5.74) is -0.714. The lowest BCUT2D eigenvalue weighted by molar-refractivity contribution is -0.123. The minimum Gasteiger partial charge on any atom is -0.444 e. The van der Waals surface area contributed by atoms with Gasteiger partial charge in [0.05, 0.1) is 18.7 Å². The van der Waals surface area contributed by atoms with E-state index < -0.39 is 5.54 Å². The van der Waals surface area contributed by atoms with Crippen LogP contribution in [0.15, 0.2) is 21.2 Å². The molecule has 0 aliphatic rings. The van der Waals surface area contributed by atoms with Crippen molar-refractivity contribution in [3.05, 3.63) is 22.6 Å². The normalized spacial score (nSPS) is 11.2. The summed E-state index contributed by atoms with van der Waals surface area (Å²) in [6, 6.07) is 3.13. The molecule has 0 aromatic carbocycles. The van der Waals surface area contributed by atoms with Gasteiger partial charge in [0.15, 0.2) is 10.4 Å². The first kappa shape index (κ1) is 15.7. The zero-order chi connectivity index (χ0) is 14.6. The van der Waals surface area contributed by atoms with Crippen molar-refractivity contribution in [1.29, 1.82) is 0 Å². The molecule has 1 heterocycles. The number of aliphatic hydroxyl groups excluding tert-OH is 1. The Kier molecular flexibility index (Phi) is 5.13. The van der Waals surface area contributed by atoms with Gasteiger partial charge in [-0.1, -0.05) is 0 Å². The molecule has 2 N–H and O–H groups in total. The molecule has 0 fully saturated rings. The van der Waals surface area contributed by atoms with E-state index in [4.69, 9.17) is 9.52 Å². The van der Waals surface area contributed by atoms with Crippen molar-refractivity contribution in [3.8, 4) is 0 Å². The maximum absolute atomic E-state index is 11.9. The summed E-state index contributed by atoms with van der Waals surface area (Å²) in [4.78, 5) is 24.9. The van der Waals surface area contributed by atoms with E-state index in [1.165, 1.54) is 18.0 Å². The van der Waals surface area contributed by atoms with Gasteiger partial charge in [-0.3, -0.25) is 9.59 Å². The Balaban J connectivity index is 2.57. The summed E-state index contributed by atoms with van der Waals surface area (Å²) in [6.45, 7) is 3.09. The third kappa shape index (κ3) is 4.68. The molecular formula is C12H17BrN2O4. The predicted molar refractivity (Wildman–Crippen MR) is 72.7 cm³/mol. The molecule has 0 aliphatic carbocycles. The number of amides is 2. The molecule has 0 saturated carbocycles. The zero-order valence-electron chi connectivity index (χ0n) is 11.1. The van der Waals surface area contributed by atoms with Gasteiger partial charge >= 0.3 is 0 Å². The molecule has 1 rings (SSSR count). The van der Waals surface area contributed by atoms with Crippen LogP contribution in [0.2, 0.25) is 0 Å². The highest BCUT2D eigenvalue weighted by atomic mass is 79.9. The maximum Gasteiger partial charge on any atom is 0.289 e. The Hall–Kier alpha value is -1.34. The van der Waals surface area contributed by atoms with Gasteiger partial charge in [0.1, 0.15) is 0 Å². The Morgan fingerprint density at radius 2 is 2.11 bits per heavy atom. The summed E-state index contributed by atoms with van der Waals surface area (Å²) in [5.74, 6) is -0.577.